The van der Waals surface area contributed by atoms with Crippen LogP contribution in [-0.4, -0.2) is 36.1 Å². The van der Waals surface area contributed by atoms with E-state index >= 15 is 0 Å². The number of carbonyl (C=O) groups is 1. The lowest BCUT2D eigenvalue weighted by atomic mass is 10.1. The van der Waals surface area contributed by atoms with Crippen LogP contribution in [0.3, 0.4) is 0 Å². The zero-order chi connectivity index (χ0) is 25.0. The monoisotopic (exact) mass is 486 g/mol. The van der Waals surface area contributed by atoms with Crippen LogP contribution in [0, 0.1) is 0 Å². The summed E-state index contributed by atoms with van der Waals surface area (Å²) in [6, 6.07) is 11.5. The van der Waals surface area contributed by atoms with Crippen LogP contribution < -0.4 is 20.5 Å². The summed E-state index contributed by atoms with van der Waals surface area (Å²) in [7, 11) is 1.55. The van der Waals surface area contributed by atoms with Crippen molar-refractivity contribution in [2.45, 2.75) is 31.9 Å². The first-order chi connectivity index (χ1) is 16.7. The molecule has 184 valence electrons. The number of nitrogens with zero attached hydrogens (tertiary/aromatic N) is 2. The number of methoxy groups -OCH3 is 1. The number of anilines is 2. The van der Waals surface area contributed by atoms with Crippen molar-refractivity contribution in [1.82, 2.24) is 9.97 Å². The third-order valence-electron chi connectivity index (χ3n) is 5.82. The number of carbonyl (C=O) groups excluding carboxylic acids is 1. The summed E-state index contributed by atoms with van der Waals surface area (Å²) in [5.74, 6) is 0.173. The normalized spacial score (nSPS) is 14.0. The number of H-pyrrole nitrogens is 1. The summed E-state index contributed by atoms with van der Waals surface area (Å²) in [4.78, 5) is 34.0. The molecule has 1 aliphatic rings. The molecule has 0 radical (unpaired) electrons. The maximum atomic E-state index is 13.4. The minimum atomic E-state index is -4.56. The van der Waals surface area contributed by atoms with Crippen molar-refractivity contribution in [1.29, 1.82) is 0 Å². The van der Waals surface area contributed by atoms with E-state index in [1.54, 1.807) is 31.4 Å². The molecule has 1 saturated heterocycles. The molecule has 1 aliphatic heterocycles. The highest BCUT2D eigenvalue weighted by Crippen LogP contribution is 2.36. The van der Waals surface area contributed by atoms with Crippen molar-refractivity contribution >= 4 is 17.3 Å². The van der Waals surface area contributed by atoms with Crippen LogP contribution in [0.15, 0.2) is 53.3 Å². The molecule has 0 aliphatic carbocycles. The Bertz CT molecular complexity index is 1250. The second-order valence-corrected chi connectivity index (χ2v) is 8.33. The predicted octanol–water partition coefficient (Wildman–Crippen LogP) is 4.63. The van der Waals surface area contributed by atoms with Gasteiger partial charge in [0.25, 0.3) is 11.5 Å². The standard InChI is InChI=1S/C25H25F3N4O3/c1-35-18-8-5-16(6-9-18)13-22-29-20(15-23(33)31-22)24(34)30-19-14-17(25(26,27)28)7-10-21(19)32-11-3-2-4-12-32/h5-10,14-15H,2-4,11-13H2,1H3,(H,30,34)(H,29,31,33). The molecule has 10 heteroatoms. The maximum absolute atomic E-state index is 13.4. The van der Waals surface area contributed by atoms with Gasteiger partial charge >= 0.3 is 6.18 Å². The Morgan fingerprint density at radius 1 is 1.09 bits per heavy atom. The average molecular weight is 486 g/mol. The molecule has 0 saturated carbocycles. The molecule has 0 bridgehead atoms. The van der Waals surface area contributed by atoms with E-state index in [4.69, 9.17) is 4.74 Å². The molecule has 4 rings (SSSR count). The lowest BCUT2D eigenvalue weighted by Crippen LogP contribution is -2.31. The lowest BCUT2D eigenvalue weighted by molar-refractivity contribution is -0.137. The molecule has 2 N–H and O–H groups in total. The smallest absolute Gasteiger partial charge is 0.416 e. The van der Waals surface area contributed by atoms with E-state index in [1.165, 1.54) is 6.07 Å². The number of hydrogen-bond acceptors (Lipinski definition) is 5. The molecule has 2 heterocycles. The van der Waals surface area contributed by atoms with Crippen LogP contribution in [0.25, 0.3) is 0 Å². The summed E-state index contributed by atoms with van der Waals surface area (Å²) in [5.41, 5.74) is -0.211. The van der Waals surface area contributed by atoms with Crippen molar-refractivity contribution in [2.75, 3.05) is 30.4 Å². The third kappa shape index (κ3) is 6.00. The van der Waals surface area contributed by atoms with Crippen molar-refractivity contribution in [3.8, 4) is 5.75 Å². The fourth-order valence-electron chi connectivity index (χ4n) is 4.05. The molecule has 7 nitrogen and oxygen atoms in total. The van der Waals surface area contributed by atoms with Crippen LogP contribution in [-0.2, 0) is 12.6 Å². The van der Waals surface area contributed by atoms with Gasteiger partial charge in [0.15, 0.2) is 0 Å². The van der Waals surface area contributed by atoms with E-state index in [9.17, 15) is 22.8 Å². The number of piperidine rings is 1. The van der Waals surface area contributed by atoms with Crippen molar-refractivity contribution in [3.05, 3.63) is 81.5 Å². The van der Waals surface area contributed by atoms with Crippen LogP contribution in [0.5, 0.6) is 5.75 Å². The van der Waals surface area contributed by atoms with Crippen molar-refractivity contribution in [2.24, 2.45) is 0 Å². The SMILES string of the molecule is COc1ccc(Cc2nc(C(=O)Nc3cc(C(F)(F)F)ccc3N3CCCCC3)cc(=O)[nH]2)cc1. The van der Waals surface area contributed by atoms with Gasteiger partial charge in [-0.05, 0) is 55.2 Å². The molecule has 0 unspecified atom stereocenters. The van der Waals surface area contributed by atoms with Gasteiger partial charge in [-0.1, -0.05) is 12.1 Å². The molecule has 3 aromatic rings. The Balaban J connectivity index is 1.61. The highest BCUT2D eigenvalue weighted by atomic mass is 19.4. The first-order valence-electron chi connectivity index (χ1n) is 11.2. The van der Waals surface area contributed by atoms with Gasteiger partial charge in [0.1, 0.15) is 17.3 Å². The average Bonchev–Trinajstić information content (AvgIpc) is 2.84. The fraction of sp³-hybridized carbons (Fsp3) is 0.320. The number of hydrogen-bond donors (Lipinski definition) is 2. The maximum Gasteiger partial charge on any atom is 0.416 e. The van der Waals surface area contributed by atoms with Crippen LogP contribution in [0.2, 0.25) is 0 Å². The Labute approximate surface area is 200 Å². The third-order valence-corrected chi connectivity index (χ3v) is 5.82. The number of rotatable bonds is 6. The van der Waals surface area contributed by atoms with E-state index in [2.05, 4.69) is 15.3 Å². The molecule has 1 aromatic heterocycles. The van der Waals surface area contributed by atoms with Crippen molar-refractivity contribution in [3.63, 3.8) is 0 Å². The molecule has 1 amide bonds. The number of amides is 1. The molecular weight excluding hydrogens is 461 g/mol. The minimum Gasteiger partial charge on any atom is -0.497 e. The molecule has 35 heavy (non-hydrogen) atoms. The van der Waals surface area contributed by atoms with E-state index in [1.807, 2.05) is 4.90 Å². The Hall–Kier alpha value is -3.82. The summed E-state index contributed by atoms with van der Waals surface area (Å²) < 4.78 is 45.2. The quantitative estimate of drug-likeness (QED) is 0.531. The van der Waals surface area contributed by atoms with E-state index < -0.39 is 23.2 Å². The van der Waals surface area contributed by atoms with Gasteiger partial charge in [-0.15, -0.1) is 0 Å². The number of benzene rings is 2. The summed E-state index contributed by atoms with van der Waals surface area (Å²) in [6.07, 6.45) is -1.43. The Morgan fingerprint density at radius 3 is 2.46 bits per heavy atom. The summed E-state index contributed by atoms with van der Waals surface area (Å²) in [6.45, 7) is 1.37. The number of aromatic amines is 1. The van der Waals surface area contributed by atoms with Gasteiger partial charge in [-0.2, -0.15) is 13.2 Å². The number of ether oxygens (including phenoxy) is 1. The van der Waals surface area contributed by atoms with E-state index in [0.29, 0.717) is 24.5 Å². The van der Waals surface area contributed by atoms with Crippen molar-refractivity contribution < 1.29 is 22.7 Å². The molecule has 1 fully saturated rings. The topological polar surface area (TPSA) is 87.3 Å². The predicted molar refractivity (Wildman–Crippen MR) is 126 cm³/mol. The number of nitrogens with one attached hydrogen (secondary N) is 2. The van der Waals surface area contributed by atoms with Crippen LogP contribution in [0.1, 0.15) is 46.7 Å². The second-order valence-electron chi connectivity index (χ2n) is 8.33. The van der Waals surface area contributed by atoms with E-state index in [-0.39, 0.29) is 23.6 Å². The van der Waals surface area contributed by atoms with Gasteiger partial charge in [-0.3, -0.25) is 9.59 Å². The molecular formula is C25H25F3N4O3. The zero-order valence-electron chi connectivity index (χ0n) is 19.1. The summed E-state index contributed by atoms with van der Waals surface area (Å²) >= 11 is 0. The van der Waals surface area contributed by atoms with Gasteiger partial charge in [0.2, 0.25) is 0 Å². The number of alkyl halides is 3. The fourth-order valence-corrected chi connectivity index (χ4v) is 4.05. The molecule has 2 aromatic carbocycles. The first-order valence-corrected chi connectivity index (χ1v) is 11.2. The summed E-state index contributed by atoms with van der Waals surface area (Å²) in [5, 5.41) is 2.56. The first kappa shape index (κ1) is 24.3. The number of aromatic nitrogens is 2. The largest absolute Gasteiger partial charge is 0.497 e. The highest BCUT2D eigenvalue weighted by molar-refractivity contribution is 6.04. The number of halogens is 3. The van der Waals surface area contributed by atoms with Gasteiger partial charge < -0.3 is 19.9 Å². The Morgan fingerprint density at radius 2 is 1.80 bits per heavy atom. The molecule has 0 atom stereocenters. The van der Waals surface area contributed by atoms with Gasteiger partial charge in [-0.25, -0.2) is 4.98 Å². The molecule has 0 spiro atoms. The Kier molecular flexibility index (Phi) is 7.09. The van der Waals surface area contributed by atoms with Gasteiger partial charge in [0, 0.05) is 25.6 Å². The lowest BCUT2D eigenvalue weighted by Gasteiger charge is -2.31. The zero-order valence-corrected chi connectivity index (χ0v) is 19.1. The second kappa shape index (κ2) is 10.2. The van der Waals surface area contributed by atoms with Gasteiger partial charge in [0.05, 0.1) is 24.0 Å². The van der Waals surface area contributed by atoms with Crippen LogP contribution in [0.4, 0.5) is 24.5 Å². The highest BCUT2D eigenvalue weighted by Gasteiger charge is 2.32. The van der Waals surface area contributed by atoms with Crippen LogP contribution >= 0.6 is 0 Å². The van der Waals surface area contributed by atoms with E-state index in [0.717, 1.165) is 43.0 Å². The minimum absolute atomic E-state index is 0.0329.